The van der Waals surface area contributed by atoms with Crippen LogP contribution in [0, 0.1) is 5.92 Å². The number of carboxylic acids is 1. The van der Waals surface area contributed by atoms with Crippen molar-refractivity contribution < 1.29 is 22.7 Å². The highest BCUT2D eigenvalue weighted by Gasteiger charge is 2.32. The Kier molecular flexibility index (Phi) is 3.95. The van der Waals surface area contributed by atoms with Gasteiger partial charge in [0.2, 0.25) is 10.0 Å². The van der Waals surface area contributed by atoms with Crippen LogP contribution in [0.4, 0.5) is 0 Å². The third-order valence-electron chi connectivity index (χ3n) is 4.00. The van der Waals surface area contributed by atoms with Crippen molar-refractivity contribution in [2.45, 2.75) is 30.2 Å². The van der Waals surface area contributed by atoms with Crippen LogP contribution in [0.5, 0.6) is 0 Å². The number of hydrogen-bond acceptors (Lipinski definition) is 5. The number of carbonyl (C=O) groups is 1. The van der Waals surface area contributed by atoms with Crippen molar-refractivity contribution in [2.24, 2.45) is 5.92 Å². The molecule has 0 spiro atoms. The Morgan fingerprint density at radius 2 is 2.00 bits per heavy atom. The fraction of sp³-hybridized carbons (Fsp3) is 0.333. The summed E-state index contributed by atoms with van der Waals surface area (Å²) in [5, 5.41) is 9.48. The first-order chi connectivity index (χ1) is 10.8. The highest BCUT2D eigenvalue weighted by Crippen LogP contribution is 2.27. The first kappa shape index (κ1) is 15.7. The molecule has 0 radical (unpaired) electrons. The van der Waals surface area contributed by atoms with E-state index in [9.17, 15) is 18.0 Å². The van der Waals surface area contributed by atoms with Crippen molar-refractivity contribution in [2.75, 3.05) is 0 Å². The summed E-state index contributed by atoms with van der Waals surface area (Å²) < 4.78 is 32.4. The Labute approximate surface area is 132 Å². The third-order valence-corrected chi connectivity index (χ3v) is 5.52. The van der Waals surface area contributed by atoms with Gasteiger partial charge in [-0.25, -0.2) is 17.9 Å². The maximum absolute atomic E-state index is 12.4. The Hall–Kier alpha value is -2.19. The molecular weight excluding hydrogens is 322 g/mol. The van der Waals surface area contributed by atoms with E-state index < -0.39 is 27.5 Å². The van der Waals surface area contributed by atoms with Gasteiger partial charge in [-0.15, -0.1) is 0 Å². The molecule has 1 heterocycles. The van der Waals surface area contributed by atoms with Gasteiger partial charge in [0.25, 0.3) is 0 Å². The maximum Gasteiger partial charge on any atom is 0.336 e. The van der Waals surface area contributed by atoms with Gasteiger partial charge in [0, 0.05) is 17.5 Å². The molecule has 122 valence electrons. The predicted octanol–water partition coefficient (Wildman–Crippen LogP) is 1.32. The molecule has 3 rings (SSSR count). The minimum absolute atomic E-state index is 0.0534. The lowest BCUT2D eigenvalue weighted by Gasteiger charge is -2.13. The van der Waals surface area contributed by atoms with Gasteiger partial charge < -0.3 is 9.52 Å². The van der Waals surface area contributed by atoms with E-state index in [-0.39, 0.29) is 17.4 Å². The second-order valence-corrected chi connectivity index (χ2v) is 7.33. The van der Waals surface area contributed by atoms with Crippen LogP contribution >= 0.6 is 0 Å². The number of nitrogens with one attached hydrogen (secondary N) is 1. The lowest BCUT2D eigenvalue weighted by molar-refractivity contribution is -0.141. The fourth-order valence-electron chi connectivity index (χ4n) is 2.82. The van der Waals surface area contributed by atoms with E-state index >= 15 is 0 Å². The summed E-state index contributed by atoms with van der Waals surface area (Å²) in [6, 6.07) is 6.55. The third kappa shape index (κ3) is 3.27. The lowest BCUT2D eigenvalue weighted by atomic mass is 10.1. The minimum Gasteiger partial charge on any atom is -0.481 e. The zero-order chi connectivity index (χ0) is 16.6. The van der Waals surface area contributed by atoms with E-state index in [1.807, 2.05) is 0 Å². The first-order valence-corrected chi connectivity index (χ1v) is 8.62. The SMILES string of the molecule is O=C(O)[C@@H]1CC[C@H](NS(=O)(=O)c2ccc3oc(=O)ccc3c2)C1. The summed E-state index contributed by atoms with van der Waals surface area (Å²) in [4.78, 5) is 22.1. The summed E-state index contributed by atoms with van der Waals surface area (Å²) in [5.74, 6) is -1.40. The van der Waals surface area contributed by atoms with Gasteiger partial charge >= 0.3 is 11.6 Å². The van der Waals surface area contributed by atoms with Gasteiger partial charge in [-0.2, -0.15) is 0 Å². The maximum atomic E-state index is 12.4. The number of carboxylic acid groups (broad SMARTS) is 1. The molecule has 0 amide bonds. The molecular formula is C15H15NO6S. The van der Waals surface area contributed by atoms with Crippen LogP contribution in [-0.4, -0.2) is 25.5 Å². The van der Waals surface area contributed by atoms with E-state index in [2.05, 4.69) is 4.72 Å². The van der Waals surface area contributed by atoms with Gasteiger partial charge in [0.05, 0.1) is 10.8 Å². The summed E-state index contributed by atoms with van der Waals surface area (Å²) in [6.45, 7) is 0. The van der Waals surface area contributed by atoms with Crippen LogP contribution in [-0.2, 0) is 14.8 Å². The van der Waals surface area contributed by atoms with Gasteiger partial charge in [0.15, 0.2) is 0 Å². The number of hydrogen-bond donors (Lipinski definition) is 2. The molecule has 1 aliphatic rings. The van der Waals surface area contributed by atoms with Gasteiger partial charge in [-0.3, -0.25) is 4.79 Å². The Bertz CT molecular complexity index is 917. The van der Waals surface area contributed by atoms with Crippen LogP contribution in [0.1, 0.15) is 19.3 Å². The van der Waals surface area contributed by atoms with Crippen LogP contribution < -0.4 is 10.3 Å². The second-order valence-electron chi connectivity index (χ2n) is 5.62. The molecule has 2 aromatic rings. The standard InChI is InChI=1S/C15H15NO6S/c17-14-6-2-9-8-12(4-5-13(9)22-14)23(20,21)16-11-3-1-10(7-11)15(18)19/h2,4-6,8,10-11,16H,1,3,7H2,(H,18,19)/t10-,11+/m1/s1. The van der Waals surface area contributed by atoms with Gasteiger partial charge in [-0.05, 0) is 43.5 Å². The number of aliphatic carboxylic acids is 1. The molecule has 23 heavy (non-hydrogen) atoms. The average Bonchev–Trinajstić information content (AvgIpc) is 2.94. The van der Waals surface area contributed by atoms with Crippen LogP contribution in [0.25, 0.3) is 11.0 Å². The van der Waals surface area contributed by atoms with Crippen molar-refractivity contribution in [3.63, 3.8) is 0 Å². The molecule has 1 aromatic heterocycles. The normalized spacial score (nSPS) is 21.6. The predicted molar refractivity (Wildman–Crippen MR) is 81.6 cm³/mol. The Balaban J connectivity index is 1.84. The van der Waals surface area contributed by atoms with E-state index in [1.165, 1.54) is 30.3 Å². The first-order valence-electron chi connectivity index (χ1n) is 7.14. The molecule has 0 bridgehead atoms. The highest BCUT2D eigenvalue weighted by atomic mass is 32.2. The molecule has 1 saturated carbocycles. The number of sulfonamides is 1. The quantitative estimate of drug-likeness (QED) is 0.814. The van der Waals surface area contributed by atoms with Crippen LogP contribution in [0.2, 0.25) is 0 Å². The molecule has 1 aromatic carbocycles. The van der Waals surface area contributed by atoms with Crippen molar-refractivity contribution in [1.29, 1.82) is 0 Å². The lowest BCUT2D eigenvalue weighted by Crippen LogP contribution is -2.33. The van der Waals surface area contributed by atoms with E-state index in [4.69, 9.17) is 9.52 Å². The summed E-state index contributed by atoms with van der Waals surface area (Å²) >= 11 is 0. The summed E-state index contributed by atoms with van der Waals surface area (Å²) in [7, 11) is -3.76. The minimum atomic E-state index is -3.76. The summed E-state index contributed by atoms with van der Waals surface area (Å²) in [5.41, 5.74) is -0.194. The Morgan fingerprint density at radius 1 is 1.22 bits per heavy atom. The molecule has 7 nitrogen and oxygen atoms in total. The highest BCUT2D eigenvalue weighted by molar-refractivity contribution is 7.89. The van der Waals surface area contributed by atoms with Crippen LogP contribution in [0.3, 0.4) is 0 Å². The topological polar surface area (TPSA) is 114 Å². The second kappa shape index (κ2) is 5.78. The average molecular weight is 337 g/mol. The largest absolute Gasteiger partial charge is 0.481 e. The van der Waals surface area contributed by atoms with E-state index in [0.29, 0.717) is 23.8 Å². The van der Waals surface area contributed by atoms with Crippen molar-refractivity contribution >= 4 is 27.0 Å². The molecule has 2 atom stereocenters. The zero-order valence-corrected chi connectivity index (χ0v) is 12.9. The molecule has 1 aliphatic carbocycles. The summed E-state index contributed by atoms with van der Waals surface area (Å²) in [6.07, 6.45) is 1.25. The molecule has 0 saturated heterocycles. The van der Waals surface area contributed by atoms with E-state index in [1.54, 1.807) is 0 Å². The van der Waals surface area contributed by atoms with E-state index in [0.717, 1.165) is 0 Å². The van der Waals surface area contributed by atoms with Crippen molar-refractivity contribution in [1.82, 2.24) is 4.72 Å². The van der Waals surface area contributed by atoms with Gasteiger partial charge in [0.1, 0.15) is 5.58 Å². The van der Waals surface area contributed by atoms with Gasteiger partial charge in [-0.1, -0.05) is 0 Å². The van der Waals surface area contributed by atoms with Crippen LogP contribution in [0.15, 0.2) is 44.4 Å². The number of fused-ring (bicyclic) bond motifs is 1. The van der Waals surface area contributed by atoms with Crippen molar-refractivity contribution in [3.05, 3.63) is 40.8 Å². The van der Waals surface area contributed by atoms with Crippen molar-refractivity contribution in [3.8, 4) is 0 Å². The molecule has 2 N–H and O–H groups in total. The number of rotatable bonds is 4. The molecule has 1 fully saturated rings. The fourth-order valence-corrected chi connectivity index (χ4v) is 4.14. The molecule has 8 heteroatoms. The molecule has 0 unspecified atom stereocenters. The monoisotopic (exact) mass is 337 g/mol. The zero-order valence-electron chi connectivity index (χ0n) is 12.1. The smallest absolute Gasteiger partial charge is 0.336 e. The molecule has 0 aliphatic heterocycles. The Morgan fingerprint density at radius 3 is 2.70 bits per heavy atom. The number of benzene rings is 1.